The van der Waals surface area contributed by atoms with E-state index in [0.29, 0.717) is 28.2 Å². The minimum Gasteiger partial charge on any atom is -0.510 e. The number of ether oxygens (including phenoxy) is 1. The Morgan fingerprint density at radius 3 is 1.84 bits per heavy atom. The van der Waals surface area contributed by atoms with Crippen molar-refractivity contribution >= 4 is 61.7 Å². The van der Waals surface area contributed by atoms with Gasteiger partial charge in [-0.05, 0) is 95.0 Å². The Hall–Kier alpha value is -8.67. The first-order valence-electron chi connectivity index (χ1n) is 31.3. The van der Waals surface area contributed by atoms with Crippen LogP contribution in [0, 0.1) is 25.3 Å². The predicted molar refractivity (Wildman–Crippen MR) is 337 cm³/mol. The SMILES string of the molecule is [2H]c1c([2H])c([2H])c(-c2cnc(-n3c4[c-]c(Oc5[c-]c(-n6[c-][n+](-c7c(-c8cccc([Si](c9ccccc9)(c9ccccc9)c9ccccc9)c8)cc(C(C)(C)C)cc7C(C)(C)C)c7ccccc76)ccc5)ccc4c4ccccc43)cc2C([2H])([2H])[2H])c([2H])c1[2H].[Pt]. The molecule has 0 amide bonds. The summed E-state index contributed by atoms with van der Waals surface area (Å²) in [5.41, 5.74) is 8.35. The van der Waals surface area contributed by atoms with Crippen LogP contribution in [0.1, 0.15) is 69.2 Å². The Labute approximate surface area is 508 Å². The maximum absolute atomic E-state index is 8.69. The molecule has 3 aromatic heterocycles. The van der Waals surface area contributed by atoms with Gasteiger partial charge in [-0.15, -0.1) is 29.7 Å². The Morgan fingerprint density at radius 2 is 1.17 bits per heavy atom. The number of pyridine rings is 1. The van der Waals surface area contributed by atoms with Crippen LogP contribution in [-0.2, 0) is 31.9 Å². The number of para-hydroxylation sites is 3. The van der Waals surface area contributed by atoms with Crippen molar-refractivity contribution in [1.29, 1.82) is 0 Å². The van der Waals surface area contributed by atoms with E-state index in [9.17, 15) is 0 Å². The Morgan fingerprint density at radius 1 is 0.549 bits per heavy atom. The molecule has 82 heavy (non-hydrogen) atoms. The van der Waals surface area contributed by atoms with Gasteiger partial charge in [-0.2, -0.15) is 18.2 Å². The zero-order chi connectivity index (χ0) is 62.3. The molecule has 0 N–H and O–H groups in total. The first kappa shape index (κ1) is 45.0. The summed E-state index contributed by atoms with van der Waals surface area (Å²) in [6.45, 7) is 10.9. The summed E-state index contributed by atoms with van der Waals surface area (Å²) in [6.07, 6.45) is 5.15. The zero-order valence-corrected chi connectivity index (χ0v) is 49.6. The van der Waals surface area contributed by atoms with Gasteiger partial charge in [-0.1, -0.05) is 247 Å². The number of hydrogen-bond acceptors (Lipinski definition) is 2. The summed E-state index contributed by atoms with van der Waals surface area (Å²) in [5, 5.41) is 6.83. The Bertz CT molecular complexity index is 4780. The number of aryl methyl sites for hydroxylation is 1. The van der Waals surface area contributed by atoms with Crippen LogP contribution in [0.15, 0.2) is 249 Å². The van der Waals surface area contributed by atoms with Gasteiger partial charge >= 0.3 is 0 Å². The number of aromatic nitrogens is 4. The summed E-state index contributed by atoms with van der Waals surface area (Å²) >= 11 is 0. The molecule has 13 aromatic rings. The molecular formula is C75H62N4OPtSi-2. The molecule has 0 atom stereocenters. The molecule has 404 valence electrons. The number of fused-ring (bicyclic) bond motifs is 4. The van der Waals surface area contributed by atoms with Crippen LogP contribution in [-0.4, -0.2) is 22.2 Å². The predicted octanol–water partition coefficient (Wildman–Crippen LogP) is 15.2. The monoisotopic (exact) mass is 1270 g/mol. The Kier molecular flexibility index (Phi) is 11.9. The number of rotatable bonds is 11. The summed E-state index contributed by atoms with van der Waals surface area (Å²) in [5.74, 6) is 0.996. The average molecular weight is 1270 g/mol. The molecule has 0 saturated heterocycles. The van der Waals surface area contributed by atoms with E-state index in [2.05, 4.69) is 210 Å². The van der Waals surface area contributed by atoms with E-state index in [0.717, 1.165) is 38.6 Å². The molecular weight excluding hydrogens is 1200 g/mol. The fourth-order valence-electron chi connectivity index (χ4n) is 11.6. The molecule has 13 rings (SSSR count). The molecule has 5 nitrogen and oxygen atoms in total. The number of hydrogen-bond donors (Lipinski definition) is 0. The van der Waals surface area contributed by atoms with E-state index < -0.39 is 45.1 Å². The van der Waals surface area contributed by atoms with Crippen LogP contribution in [0.3, 0.4) is 0 Å². The fraction of sp³-hybridized carbons (Fsp3) is 0.120. The normalized spacial score (nSPS) is 13.5. The van der Waals surface area contributed by atoms with Crippen LogP contribution >= 0.6 is 0 Å². The first-order chi connectivity index (χ1) is 42.6. The second-order valence-electron chi connectivity index (χ2n) is 22.6. The van der Waals surface area contributed by atoms with Crippen LogP contribution in [0.25, 0.3) is 72.3 Å². The summed E-state index contributed by atoms with van der Waals surface area (Å²) in [6, 6.07) is 78.4. The third-order valence-electron chi connectivity index (χ3n) is 15.5. The largest absolute Gasteiger partial charge is 0.510 e. The number of nitrogens with zero attached hydrogens (tertiary/aromatic N) is 4. The van der Waals surface area contributed by atoms with Gasteiger partial charge in [0, 0.05) is 54.0 Å². The molecule has 10 aromatic carbocycles. The zero-order valence-electron chi connectivity index (χ0n) is 54.3. The van der Waals surface area contributed by atoms with E-state index >= 15 is 0 Å². The second kappa shape index (κ2) is 21.7. The molecule has 0 aliphatic carbocycles. The first-order valence-corrected chi connectivity index (χ1v) is 29.3. The minimum absolute atomic E-state index is 0. The van der Waals surface area contributed by atoms with Crippen LogP contribution in [0.5, 0.6) is 11.5 Å². The molecule has 0 spiro atoms. The van der Waals surface area contributed by atoms with Gasteiger partial charge in [0.1, 0.15) is 5.82 Å². The van der Waals surface area contributed by atoms with Gasteiger partial charge in [0.05, 0.1) is 23.6 Å². The van der Waals surface area contributed by atoms with Crippen molar-refractivity contribution in [3.8, 4) is 50.9 Å². The van der Waals surface area contributed by atoms with Gasteiger partial charge in [0.2, 0.25) is 0 Å². The standard InChI is InChI=1S/C75H62N4OSi.Pt/c1-52-44-72(76-50-66(52)53-26-12-8-13-27-53)79-68-39-21-20-38-63(68)64-43-42-58(49-71(64)79)80-57-30-25-29-56(48-57)77-51-78(70-41-23-22-40-69(70)77)73-65(46-55(74(2,3)4)47-67(73)75(5,6)7)54-28-24-37-62(45-54)81(59-31-14-9-15-32-59,60-33-16-10-17-34-60)61-35-18-11-19-36-61;/h8-47,50H,1-7H3;/q-2;/i1D3,8D,12D,13D,26D,27D;. The van der Waals surface area contributed by atoms with Crippen LogP contribution in [0.4, 0.5) is 0 Å². The van der Waals surface area contributed by atoms with Gasteiger partial charge in [0.25, 0.3) is 6.33 Å². The van der Waals surface area contributed by atoms with Crippen molar-refractivity contribution in [3.63, 3.8) is 0 Å². The Balaban J connectivity index is 0.00000785. The van der Waals surface area contributed by atoms with E-state index in [1.165, 1.54) is 44.1 Å². The second-order valence-corrected chi connectivity index (χ2v) is 26.4. The maximum Gasteiger partial charge on any atom is 0.268 e. The van der Waals surface area contributed by atoms with Crippen molar-refractivity contribution in [3.05, 3.63) is 284 Å². The van der Waals surface area contributed by atoms with Crippen molar-refractivity contribution in [2.45, 2.75) is 59.2 Å². The molecule has 0 unspecified atom stereocenters. The van der Waals surface area contributed by atoms with Gasteiger partial charge in [0.15, 0.2) is 8.07 Å². The maximum atomic E-state index is 8.69. The van der Waals surface area contributed by atoms with Crippen LogP contribution in [0.2, 0.25) is 0 Å². The van der Waals surface area contributed by atoms with Gasteiger partial charge in [-0.3, -0.25) is 4.57 Å². The molecule has 0 saturated carbocycles. The van der Waals surface area contributed by atoms with Crippen molar-refractivity contribution in [2.75, 3.05) is 0 Å². The molecule has 7 heteroatoms. The third kappa shape index (κ3) is 9.64. The number of benzene rings is 10. The molecule has 0 aliphatic rings. The summed E-state index contributed by atoms with van der Waals surface area (Å²) in [7, 11) is -2.93. The van der Waals surface area contributed by atoms with E-state index in [1.54, 1.807) is 4.57 Å². The molecule has 0 fully saturated rings. The van der Waals surface area contributed by atoms with Crippen LogP contribution < -0.4 is 30.1 Å². The van der Waals surface area contributed by atoms with E-state index in [-0.39, 0.29) is 54.4 Å². The molecule has 0 bridgehead atoms. The fourth-order valence-corrected chi connectivity index (χ4v) is 16.4. The summed E-state index contributed by atoms with van der Waals surface area (Å²) in [4.78, 5) is 4.75. The van der Waals surface area contributed by atoms with Gasteiger partial charge in [-0.25, -0.2) is 4.98 Å². The average Bonchev–Trinajstić information content (AvgIpc) is 1.34. The topological polar surface area (TPSA) is 35.9 Å². The van der Waals surface area contributed by atoms with Crippen molar-refractivity contribution in [2.24, 2.45) is 0 Å². The van der Waals surface area contributed by atoms with E-state index in [1.807, 2.05) is 65.2 Å². The molecule has 0 aliphatic heterocycles. The quantitative estimate of drug-likeness (QED) is 0.0560. The van der Waals surface area contributed by atoms with Crippen molar-refractivity contribution < 1.29 is 41.3 Å². The van der Waals surface area contributed by atoms with Gasteiger partial charge < -0.3 is 13.9 Å². The third-order valence-corrected chi connectivity index (χ3v) is 20.2. The number of imidazole rings is 1. The van der Waals surface area contributed by atoms with Crippen molar-refractivity contribution in [1.82, 2.24) is 14.1 Å². The van der Waals surface area contributed by atoms with E-state index in [4.69, 9.17) is 20.7 Å². The molecule has 0 radical (unpaired) electrons. The smallest absolute Gasteiger partial charge is 0.268 e. The minimum atomic E-state index is -2.93. The summed E-state index contributed by atoms with van der Waals surface area (Å²) < 4.78 is 80.9. The molecule has 3 heterocycles.